The lowest BCUT2D eigenvalue weighted by Crippen LogP contribution is -2.30. The first-order chi connectivity index (χ1) is 8.38. The fraction of sp³-hybridized carbons (Fsp3) is 0.571. The van der Waals surface area contributed by atoms with Crippen molar-refractivity contribution in [3.63, 3.8) is 0 Å². The van der Waals surface area contributed by atoms with Crippen molar-refractivity contribution in [2.24, 2.45) is 5.92 Å². The van der Waals surface area contributed by atoms with Gasteiger partial charge in [-0.2, -0.15) is 0 Å². The topological polar surface area (TPSA) is 21.3 Å². The fourth-order valence-corrected chi connectivity index (χ4v) is 2.59. The van der Waals surface area contributed by atoms with E-state index >= 15 is 0 Å². The molecule has 0 spiro atoms. The van der Waals surface area contributed by atoms with Crippen LogP contribution < -0.4 is 10.1 Å². The summed E-state index contributed by atoms with van der Waals surface area (Å²) < 4.78 is 5.77. The Morgan fingerprint density at radius 1 is 1.35 bits per heavy atom. The number of nitrogens with one attached hydrogen (secondary N) is 1. The Morgan fingerprint density at radius 3 is 2.82 bits per heavy atom. The van der Waals surface area contributed by atoms with E-state index in [-0.39, 0.29) is 0 Å². The van der Waals surface area contributed by atoms with Crippen LogP contribution in [0.1, 0.15) is 19.3 Å². The van der Waals surface area contributed by atoms with E-state index in [9.17, 15) is 0 Å². The van der Waals surface area contributed by atoms with Gasteiger partial charge in [-0.1, -0.05) is 0 Å². The van der Waals surface area contributed by atoms with Gasteiger partial charge in [0.15, 0.2) is 0 Å². The van der Waals surface area contributed by atoms with Gasteiger partial charge >= 0.3 is 0 Å². The molecular weight excluding hydrogens is 230 g/mol. The molecule has 0 aromatic heterocycles. The quantitative estimate of drug-likeness (QED) is 0.812. The molecule has 2 nitrogen and oxygen atoms in total. The zero-order valence-electron chi connectivity index (χ0n) is 10.4. The Kier molecular flexibility index (Phi) is 5.20. The van der Waals surface area contributed by atoms with E-state index in [2.05, 4.69) is 35.8 Å². The smallest absolute Gasteiger partial charge is 0.119 e. The van der Waals surface area contributed by atoms with Crippen LogP contribution in [-0.4, -0.2) is 26.0 Å². The molecule has 0 bridgehead atoms. The predicted molar refractivity (Wildman–Crippen MR) is 73.9 cm³/mol. The lowest BCUT2D eigenvalue weighted by molar-refractivity contribution is 0.254. The molecule has 1 aliphatic heterocycles. The molecule has 1 fully saturated rings. The summed E-state index contributed by atoms with van der Waals surface area (Å²) in [6.07, 6.45) is 5.91. The average molecular weight is 251 g/mol. The number of hydrogen-bond donors (Lipinski definition) is 1. The molecular formula is C14H21NOS. The molecule has 1 saturated heterocycles. The molecule has 1 heterocycles. The predicted octanol–water partition coefficient (Wildman–Crippen LogP) is 3.18. The van der Waals surface area contributed by atoms with Crippen molar-refractivity contribution in [1.29, 1.82) is 0 Å². The van der Waals surface area contributed by atoms with Crippen LogP contribution in [0.5, 0.6) is 5.75 Å². The Hall–Kier alpha value is -0.670. The molecule has 1 aliphatic rings. The third-order valence-corrected chi connectivity index (χ3v) is 4.00. The summed E-state index contributed by atoms with van der Waals surface area (Å²) in [6.45, 7) is 3.19. The van der Waals surface area contributed by atoms with Gasteiger partial charge in [-0.15, -0.1) is 11.8 Å². The molecule has 0 amide bonds. The maximum atomic E-state index is 5.77. The summed E-state index contributed by atoms with van der Waals surface area (Å²) in [5.74, 6) is 1.79. The molecule has 94 valence electrons. The Balaban J connectivity index is 1.69. The highest BCUT2D eigenvalue weighted by atomic mass is 32.2. The van der Waals surface area contributed by atoms with Crippen molar-refractivity contribution in [3.05, 3.63) is 24.3 Å². The standard InChI is InChI=1S/C14H21NOS/c1-17-14-6-4-13(5-7-14)16-10-8-12-3-2-9-15-11-12/h4-7,12,15H,2-3,8-11H2,1H3. The Labute approximate surface area is 108 Å². The van der Waals surface area contributed by atoms with Crippen molar-refractivity contribution < 1.29 is 4.74 Å². The van der Waals surface area contributed by atoms with Crippen molar-refractivity contribution >= 4 is 11.8 Å². The maximum absolute atomic E-state index is 5.77. The Morgan fingerprint density at radius 2 is 2.18 bits per heavy atom. The molecule has 0 radical (unpaired) electrons. The highest BCUT2D eigenvalue weighted by Gasteiger charge is 2.12. The SMILES string of the molecule is CSc1ccc(OCCC2CCCNC2)cc1. The average Bonchev–Trinajstić information content (AvgIpc) is 2.41. The van der Waals surface area contributed by atoms with Gasteiger partial charge in [0, 0.05) is 4.90 Å². The molecule has 1 atom stereocenters. The van der Waals surface area contributed by atoms with Crippen LogP contribution in [0.4, 0.5) is 0 Å². The van der Waals surface area contributed by atoms with Gasteiger partial charge in [0.2, 0.25) is 0 Å². The fourth-order valence-electron chi connectivity index (χ4n) is 2.19. The number of ether oxygens (including phenoxy) is 1. The number of thioether (sulfide) groups is 1. The number of benzene rings is 1. The first-order valence-corrected chi connectivity index (χ1v) is 7.58. The molecule has 1 aromatic rings. The van der Waals surface area contributed by atoms with E-state index < -0.39 is 0 Å². The number of piperidine rings is 1. The lowest BCUT2D eigenvalue weighted by Gasteiger charge is -2.22. The van der Waals surface area contributed by atoms with Crippen molar-refractivity contribution in [3.8, 4) is 5.75 Å². The summed E-state index contributed by atoms with van der Waals surface area (Å²) in [5.41, 5.74) is 0. The molecule has 0 aliphatic carbocycles. The summed E-state index contributed by atoms with van der Waals surface area (Å²) >= 11 is 1.76. The second-order valence-corrected chi connectivity index (χ2v) is 5.40. The zero-order valence-corrected chi connectivity index (χ0v) is 11.3. The third-order valence-electron chi connectivity index (χ3n) is 3.25. The highest BCUT2D eigenvalue weighted by molar-refractivity contribution is 7.98. The van der Waals surface area contributed by atoms with E-state index in [1.54, 1.807) is 11.8 Å². The van der Waals surface area contributed by atoms with E-state index in [1.165, 1.54) is 24.3 Å². The number of rotatable bonds is 5. The van der Waals surface area contributed by atoms with E-state index in [4.69, 9.17) is 4.74 Å². The van der Waals surface area contributed by atoms with Crippen LogP contribution in [0.25, 0.3) is 0 Å². The van der Waals surface area contributed by atoms with Gasteiger partial charge in [-0.05, 0) is 68.8 Å². The second kappa shape index (κ2) is 6.92. The largest absolute Gasteiger partial charge is 0.494 e. The van der Waals surface area contributed by atoms with Gasteiger partial charge in [0.25, 0.3) is 0 Å². The normalized spacial score (nSPS) is 20.2. The monoisotopic (exact) mass is 251 g/mol. The van der Waals surface area contributed by atoms with E-state index in [0.717, 1.165) is 31.2 Å². The van der Waals surface area contributed by atoms with Crippen LogP contribution in [-0.2, 0) is 0 Å². The van der Waals surface area contributed by atoms with Crippen LogP contribution in [0, 0.1) is 5.92 Å². The molecule has 2 rings (SSSR count). The summed E-state index contributed by atoms with van der Waals surface area (Å²) in [6, 6.07) is 8.35. The van der Waals surface area contributed by atoms with Gasteiger partial charge < -0.3 is 10.1 Å². The second-order valence-electron chi connectivity index (χ2n) is 4.53. The molecule has 1 N–H and O–H groups in total. The molecule has 1 aromatic carbocycles. The van der Waals surface area contributed by atoms with Crippen LogP contribution in [0.3, 0.4) is 0 Å². The van der Waals surface area contributed by atoms with Crippen LogP contribution in [0.2, 0.25) is 0 Å². The summed E-state index contributed by atoms with van der Waals surface area (Å²) in [7, 11) is 0. The highest BCUT2D eigenvalue weighted by Crippen LogP contribution is 2.20. The van der Waals surface area contributed by atoms with Gasteiger partial charge in [-0.25, -0.2) is 0 Å². The first-order valence-electron chi connectivity index (χ1n) is 6.36. The van der Waals surface area contributed by atoms with E-state index in [0.29, 0.717) is 0 Å². The third kappa shape index (κ3) is 4.25. The van der Waals surface area contributed by atoms with Gasteiger partial charge in [-0.3, -0.25) is 0 Å². The lowest BCUT2D eigenvalue weighted by atomic mass is 9.97. The zero-order chi connectivity index (χ0) is 11.9. The first kappa shape index (κ1) is 12.8. The van der Waals surface area contributed by atoms with Gasteiger partial charge in [0.05, 0.1) is 6.61 Å². The van der Waals surface area contributed by atoms with Crippen LogP contribution >= 0.6 is 11.8 Å². The van der Waals surface area contributed by atoms with E-state index in [1.807, 2.05) is 0 Å². The van der Waals surface area contributed by atoms with Crippen molar-refractivity contribution in [2.75, 3.05) is 26.0 Å². The summed E-state index contributed by atoms with van der Waals surface area (Å²) in [5, 5.41) is 3.44. The maximum Gasteiger partial charge on any atom is 0.119 e. The minimum absolute atomic E-state index is 0.800. The molecule has 3 heteroatoms. The Bertz CT molecular complexity index is 319. The van der Waals surface area contributed by atoms with Crippen molar-refractivity contribution in [1.82, 2.24) is 5.32 Å². The minimum Gasteiger partial charge on any atom is -0.494 e. The minimum atomic E-state index is 0.800. The van der Waals surface area contributed by atoms with Crippen LogP contribution in [0.15, 0.2) is 29.2 Å². The molecule has 17 heavy (non-hydrogen) atoms. The van der Waals surface area contributed by atoms with Gasteiger partial charge in [0.1, 0.15) is 5.75 Å². The number of hydrogen-bond acceptors (Lipinski definition) is 3. The molecule has 1 unspecified atom stereocenters. The summed E-state index contributed by atoms with van der Waals surface area (Å²) in [4.78, 5) is 1.29. The molecule has 0 saturated carbocycles. The van der Waals surface area contributed by atoms with Crippen molar-refractivity contribution in [2.45, 2.75) is 24.2 Å².